The summed E-state index contributed by atoms with van der Waals surface area (Å²) in [6, 6.07) is 10.7. The second kappa shape index (κ2) is 9.43. The van der Waals surface area contributed by atoms with Crippen molar-refractivity contribution in [3.05, 3.63) is 53.9 Å². The predicted molar refractivity (Wildman–Crippen MR) is 97.3 cm³/mol. The van der Waals surface area contributed by atoms with Gasteiger partial charge in [0.1, 0.15) is 18.6 Å². The predicted octanol–water partition coefficient (Wildman–Crippen LogP) is 2.57. The Balaban J connectivity index is 1.72. The zero-order valence-electron chi connectivity index (χ0n) is 15.4. The molecule has 2 aromatic rings. The maximum Gasteiger partial charge on any atom is 0.338 e. The van der Waals surface area contributed by atoms with E-state index in [9.17, 15) is 9.59 Å². The van der Waals surface area contributed by atoms with Gasteiger partial charge in [0.2, 0.25) is 0 Å². The summed E-state index contributed by atoms with van der Waals surface area (Å²) in [5.74, 6) is -0.397. The van der Waals surface area contributed by atoms with Crippen LogP contribution in [0.1, 0.15) is 41.2 Å². The molecule has 27 heavy (non-hydrogen) atoms. The van der Waals surface area contributed by atoms with Gasteiger partial charge in [-0.15, -0.1) is 0 Å². The van der Waals surface area contributed by atoms with Crippen molar-refractivity contribution < 1.29 is 23.8 Å². The largest absolute Gasteiger partial charge is 0.458 e. The molecule has 0 aliphatic heterocycles. The molecule has 1 aromatic carbocycles. The summed E-state index contributed by atoms with van der Waals surface area (Å²) in [4.78, 5) is 24.5. The zero-order chi connectivity index (χ0) is 19.1. The van der Waals surface area contributed by atoms with Crippen LogP contribution < -0.4 is 0 Å². The van der Waals surface area contributed by atoms with E-state index >= 15 is 0 Å². The summed E-state index contributed by atoms with van der Waals surface area (Å²) in [5.41, 5.74) is 1.39. The molecule has 0 bridgehead atoms. The molecule has 144 valence electrons. The third-order valence-electron chi connectivity index (χ3n) is 4.65. The molecule has 7 heteroatoms. The monoisotopic (exact) mass is 372 g/mol. The minimum absolute atomic E-state index is 0.0936. The topological polar surface area (TPSA) is 79.7 Å². The minimum Gasteiger partial charge on any atom is -0.458 e. The lowest BCUT2D eigenvalue weighted by atomic mass is 9.83. The Kier molecular flexibility index (Phi) is 6.73. The average Bonchev–Trinajstić information content (AvgIpc) is 3.14. The smallest absolute Gasteiger partial charge is 0.338 e. The Labute approximate surface area is 158 Å². The molecule has 0 amide bonds. The van der Waals surface area contributed by atoms with Crippen LogP contribution in [-0.2, 0) is 25.7 Å². The SMILES string of the molecule is COCCOCn1nccc1[C@H]1CCC(=O)C[C@@H]1OC(=O)c1ccccc1. The molecule has 2 atom stereocenters. The Morgan fingerprint density at radius 2 is 2.04 bits per heavy atom. The first-order chi connectivity index (χ1) is 13.2. The van der Waals surface area contributed by atoms with Gasteiger partial charge in [0.25, 0.3) is 0 Å². The van der Waals surface area contributed by atoms with Crippen molar-refractivity contribution in [2.24, 2.45) is 0 Å². The molecule has 7 nitrogen and oxygen atoms in total. The number of nitrogens with zero attached hydrogens (tertiary/aromatic N) is 2. The van der Waals surface area contributed by atoms with Crippen molar-refractivity contribution in [1.29, 1.82) is 0 Å². The van der Waals surface area contributed by atoms with E-state index in [1.807, 2.05) is 12.1 Å². The number of methoxy groups -OCH3 is 1. The molecule has 1 fully saturated rings. The Hall–Kier alpha value is -2.51. The Bertz CT molecular complexity index is 759. The molecule has 0 spiro atoms. The number of ether oxygens (including phenoxy) is 3. The van der Waals surface area contributed by atoms with Gasteiger partial charge in [-0.05, 0) is 24.6 Å². The molecule has 1 aliphatic rings. The number of ketones is 1. The van der Waals surface area contributed by atoms with Crippen molar-refractivity contribution >= 4 is 11.8 Å². The molecular weight excluding hydrogens is 348 g/mol. The Morgan fingerprint density at radius 3 is 2.81 bits per heavy atom. The van der Waals surface area contributed by atoms with Gasteiger partial charge in [-0.25, -0.2) is 9.48 Å². The number of hydrogen-bond acceptors (Lipinski definition) is 6. The summed E-state index contributed by atoms with van der Waals surface area (Å²) in [6.45, 7) is 1.26. The van der Waals surface area contributed by atoms with E-state index in [1.54, 1.807) is 42.3 Å². The molecule has 3 rings (SSSR count). The van der Waals surface area contributed by atoms with E-state index in [0.717, 1.165) is 5.69 Å². The lowest BCUT2D eigenvalue weighted by Gasteiger charge is -2.30. The number of aromatic nitrogens is 2. The lowest BCUT2D eigenvalue weighted by Crippen LogP contribution is -2.34. The van der Waals surface area contributed by atoms with Crippen LogP contribution in [0, 0.1) is 0 Å². The number of carbonyl (C=O) groups excluding carboxylic acids is 2. The first-order valence-corrected chi connectivity index (χ1v) is 9.05. The number of rotatable bonds is 8. The summed E-state index contributed by atoms with van der Waals surface area (Å²) in [5, 5.41) is 4.31. The minimum atomic E-state index is -0.506. The van der Waals surface area contributed by atoms with Crippen molar-refractivity contribution in [2.75, 3.05) is 20.3 Å². The molecule has 1 heterocycles. The molecule has 0 saturated heterocycles. The van der Waals surface area contributed by atoms with Gasteiger partial charge in [0.05, 0.1) is 18.8 Å². The van der Waals surface area contributed by atoms with Crippen LogP contribution in [0.5, 0.6) is 0 Å². The maximum absolute atomic E-state index is 12.5. The molecule has 0 radical (unpaired) electrons. The Morgan fingerprint density at radius 1 is 1.22 bits per heavy atom. The lowest BCUT2D eigenvalue weighted by molar-refractivity contribution is -0.123. The quantitative estimate of drug-likeness (QED) is 0.523. The number of esters is 1. The van der Waals surface area contributed by atoms with E-state index < -0.39 is 12.1 Å². The van der Waals surface area contributed by atoms with Crippen LogP contribution in [0.2, 0.25) is 0 Å². The van der Waals surface area contributed by atoms with Crippen LogP contribution in [0.15, 0.2) is 42.6 Å². The van der Waals surface area contributed by atoms with Gasteiger partial charge >= 0.3 is 5.97 Å². The van der Waals surface area contributed by atoms with Crippen LogP contribution in [0.4, 0.5) is 0 Å². The standard InChI is InChI=1S/C20H24N2O5/c1-25-11-12-26-14-22-18(9-10-21-22)17-8-7-16(23)13-19(17)27-20(24)15-5-3-2-4-6-15/h2-6,9-10,17,19H,7-8,11-14H2,1H3/t17-,19+/m1/s1. The highest BCUT2D eigenvalue weighted by molar-refractivity contribution is 5.90. The molecular formula is C20H24N2O5. The number of benzene rings is 1. The number of carbonyl (C=O) groups is 2. The van der Waals surface area contributed by atoms with Crippen LogP contribution >= 0.6 is 0 Å². The van der Waals surface area contributed by atoms with Gasteiger partial charge < -0.3 is 14.2 Å². The fourth-order valence-electron chi connectivity index (χ4n) is 3.27. The molecule has 0 unspecified atom stereocenters. The fraction of sp³-hybridized carbons (Fsp3) is 0.450. The first-order valence-electron chi connectivity index (χ1n) is 9.05. The van der Waals surface area contributed by atoms with Gasteiger partial charge in [0.15, 0.2) is 0 Å². The maximum atomic E-state index is 12.5. The number of hydrogen-bond donors (Lipinski definition) is 0. The highest BCUT2D eigenvalue weighted by Crippen LogP contribution is 2.34. The van der Waals surface area contributed by atoms with E-state index in [0.29, 0.717) is 31.6 Å². The van der Waals surface area contributed by atoms with Gasteiger partial charge in [-0.1, -0.05) is 18.2 Å². The summed E-state index contributed by atoms with van der Waals surface area (Å²) >= 11 is 0. The van der Waals surface area contributed by atoms with Crippen LogP contribution in [-0.4, -0.2) is 48.0 Å². The van der Waals surface area contributed by atoms with Crippen molar-refractivity contribution in [2.45, 2.75) is 38.0 Å². The first kappa shape index (κ1) is 19.3. The normalized spacial score (nSPS) is 19.8. The van der Waals surface area contributed by atoms with Gasteiger partial charge in [-0.2, -0.15) is 5.10 Å². The van der Waals surface area contributed by atoms with Crippen LogP contribution in [0.3, 0.4) is 0 Å². The summed E-state index contributed by atoms with van der Waals surface area (Å²) < 4.78 is 18.0. The van der Waals surface area contributed by atoms with Crippen molar-refractivity contribution in [3.63, 3.8) is 0 Å². The zero-order valence-corrected chi connectivity index (χ0v) is 15.4. The second-order valence-corrected chi connectivity index (χ2v) is 6.48. The number of Topliss-reactive ketones (excluding diaryl/α,β-unsaturated/α-hetero) is 1. The molecule has 1 saturated carbocycles. The summed E-state index contributed by atoms with van der Waals surface area (Å²) in [6.07, 6.45) is 2.50. The molecule has 0 N–H and O–H groups in total. The van der Waals surface area contributed by atoms with Crippen LogP contribution in [0.25, 0.3) is 0 Å². The van der Waals surface area contributed by atoms with Gasteiger partial charge in [0, 0.05) is 37.8 Å². The van der Waals surface area contributed by atoms with E-state index in [1.165, 1.54) is 0 Å². The van der Waals surface area contributed by atoms with Crippen molar-refractivity contribution in [3.8, 4) is 0 Å². The van der Waals surface area contributed by atoms with E-state index in [2.05, 4.69) is 5.10 Å². The third kappa shape index (κ3) is 5.02. The highest BCUT2D eigenvalue weighted by Gasteiger charge is 2.35. The molecule has 1 aromatic heterocycles. The average molecular weight is 372 g/mol. The van der Waals surface area contributed by atoms with E-state index in [4.69, 9.17) is 14.2 Å². The van der Waals surface area contributed by atoms with E-state index in [-0.39, 0.29) is 24.9 Å². The molecule has 1 aliphatic carbocycles. The summed E-state index contributed by atoms with van der Waals surface area (Å²) in [7, 11) is 1.62. The second-order valence-electron chi connectivity index (χ2n) is 6.48. The highest BCUT2D eigenvalue weighted by atomic mass is 16.5. The van der Waals surface area contributed by atoms with Crippen molar-refractivity contribution in [1.82, 2.24) is 9.78 Å². The third-order valence-corrected chi connectivity index (χ3v) is 4.65. The van der Waals surface area contributed by atoms with Gasteiger partial charge in [-0.3, -0.25) is 4.79 Å². The fourth-order valence-corrected chi connectivity index (χ4v) is 3.27.